The van der Waals surface area contributed by atoms with Crippen molar-refractivity contribution in [3.05, 3.63) is 0 Å². The van der Waals surface area contributed by atoms with E-state index in [1.165, 1.54) is 6.92 Å². The van der Waals surface area contributed by atoms with E-state index >= 15 is 0 Å². The van der Waals surface area contributed by atoms with Crippen molar-refractivity contribution in [1.82, 2.24) is 5.06 Å². The number of hydrogen-bond acceptors (Lipinski definition) is 9. The SMILES string of the molecule is CC(=O)SSC(O)C(=O)OC1CC(=O)N(O)C1=O. The molecular formula is C8H9NO7S2. The lowest BCUT2D eigenvalue weighted by Crippen LogP contribution is -2.33. The molecule has 100 valence electrons. The maximum atomic E-state index is 11.3. The predicted octanol–water partition coefficient (Wildman–Crippen LogP) is -0.707. The molecule has 18 heavy (non-hydrogen) atoms. The molecule has 1 aliphatic rings. The first-order valence-electron chi connectivity index (χ1n) is 4.61. The molecule has 10 heteroatoms. The van der Waals surface area contributed by atoms with Crippen LogP contribution in [0.5, 0.6) is 0 Å². The third-order valence-electron chi connectivity index (χ3n) is 1.80. The van der Waals surface area contributed by atoms with Crippen LogP contribution in [0, 0.1) is 0 Å². The third kappa shape index (κ3) is 3.70. The average Bonchev–Trinajstić information content (AvgIpc) is 2.53. The molecule has 0 saturated carbocycles. The molecule has 2 N–H and O–H groups in total. The molecule has 2 unspecified atom stereocenters. The topological polar surface area (TPSA) is 121 Å². The molecule has 0 aromatic heterocycles. The second-order valence-electron chi connectivity index (χ2n) is 3.20. The van der Waals surface area contributed by atoms with E-state index in [9.17, 15) is 24.3 Å². The fourth-order valence-electron chi connectivity index (χ4n) is 1.03. The lowest BCUT2D eigenvalue weighted by atomic mass is 10.3. The van der Waals surface area contributed by atoms with Crippen molar-refractivity contribution in [3.63, 3.8) is 0 Å². The van der Waals surface area contributed by atoms with E-state index in [2.05, 4.69) is 4.74 Å². The van der Waals surface area contributed by atoms with Crippen LogP contribution < -0.4 is 0 Å². The van der Waals surface area contributed by atoms with Gasteiger partial charge in [0.2, 0.25) is 5.44 Å². The summed E-state index contributed by atoms with van der Waals surface area (Å²) in [4.78, 5) is 44.0. The highest BCUT2D eigenvalue weighted by Crippen LogP contribution is 2.27. The summed E-state index contributed by atoms with van der Waals surface area (Å²) in [6.07, 6.45) is -1.91. The Kier molecular flexibility index (Phi) is 5.14. The normalized spacial score (nSPS) is 21.1. The Bertz CT molecular complexity index is 399. The zero-order valence-corrected chi connectivity index (χ0v) is 10.7. The van der Waals surface area contributed by atoms with Crippen LogP contribution >= 0.6 is 21.6 Å². The molecule has 0 bridgehead atoms. The van der Waals surface area contributed by atoms with Crippen LogP contribution in [0.2, 0.25) is 0 Å². The number of amides is 2. The van der Waals surface area contributed by atoms with Crippen molar-refractivity contribution in [2.45, 2.75) is 24.9 Å². The lowest BCUT2D eigenvalue weighted by Gasteiger charge is -2.12. The van der Waals surface area contributed by atoms with Gasteiger partial charge in [0.25, 0.3) is 11.8 Å². The van der Waals surface area contributed by atoms with E-state index in [0.717, 1.165) is 0 Å². The van der Waals surface area contributed by atoms with Crippen LogP contribution in [0.15, 0.2) is 0 Å². The summed E-state index contributed by atoms with van der Waals surface area (Å²) in [5.74, 6) is -3.11. The molecule has 2 atom stereocenters. The monoisotopic (exact) mass is 295 g/mol. The van der Waals surface area contributed by atoms with Crippen molar-refractivity contribution in [2.75, 3.05) is 0 Å². The number of hydrogen-bond donors (Lipinski definition) is 2. The van der Waals surface area contributed by atoms with Gasteiger partial charge in [-0.2, -0.15) is 5.06 Å². The van der Waals surface area contributed by atoms with Gasteiger partial charge in [-0.1, -0.05) is 0 Å². The summed E-state index contributed by atoms with van der Waals surface area (Å²) in [6.45, 7) is 1.25. The Morgan fingerprint density at radius 2 is 2.11 bits per heavy atom. The summed E-state index contributed by atoms with van der Waals surface area (Å²) >= 11 is 0. The summed E-state index contributed by atoms with van der Waals surface area (Å²) in [7, 11) is 1.20. The standard InChI is InChI=1S/C8H9NO7S2/c1-3(10)17-18-8(14)7(13)16-4-2-5(11)9(15)6(4)12/h4,8,14-15H,2H2,1H3. The molecule has 2 amide bonds. The molecule has 1 rings (SSSR count). The Labute approximate surface area is 109 Å². The largest absolute Gasteiger partial charge is 0.449 e. The van der Waals surface area contributed by atoms with Crippen molar-refractivity contribution < 1.29 is 34.2 Å². The van der Waals surface area contributed by atoms with Crippen LogP contribution in [0.3, 0.4) is 0 Å². The van der Waals surface area contributed by atoms with Gasteiger partial charge in [-0.3, -0.25) is 19.6 Å². The van der Waals surface area contributed by atoms with Crippen LogP contribution in [0.25, 0.3) is 0 Å². The van der Waals surface area contributed by atoms with Gasteiger partial charge in [0.15, 0.2) is 11.2 Å². The number of aliphatic hydroxyl groups is 1. The van der Waals surface area contributed by atoms with E-state index in [4.69, 9.17) is 5.21 Å². The highest BCUT2D eigenvalue weighted by atomic mass is 33.1. The van der Waals surface area contributed by atoms with Gasteiger partial charge in [-0.25, -0.2) is 4.79 Å². The molecule has 1 aliphatic heterocycles. The predicted molar refractivity (Wildman–Crippen MR) is 60.0 cm³/mol. The molecule has 1 saturated heterocycles. The molecule has 0 aliphatic carbocycles. The number of ether oxygens (including phenoxy) is 1. The number of esters is 1. The number of aliphatic hydroxyl groups excluding tert-OH is 1. The minimum atomic E-state index is -1.66. The summed E-state index contributed by atoms with van der Waals surface area (Å²) in [5.41, 5.74) is -1.66. The van der Waals surface area contributed by atoms with Crippen molar-refractivity contribution in [2.24, 2.45) is 0 Å². The molecular weight excluding hydrogens is 286 g/mol. The van der Waals surface area contributed by atoms with Crippen LogP contribution in [-0.4, -0.2) is 49.8 Å². The Morgan fingerprint density at radius 1 is 1.50 bits per heavy atom. The number of rotatable bonds is 4. The van der Waals surface area contributed by atoms with E-state index in [-0.39, 0.29) is 10.2 Å². The highest BCUT2D eigenvalue weighted by molar-refractivity contribution is 8.82. The zero-order valence-electron chi connectivity index (χ0n) is 9.06. The smallest absolute Gasteiger partial charge is 0.347 e. The number of imide groups is 1. The van der Waals surface area contributed by atoms with Gasteiger partial charge in [-0.05, 0) is 21.6 Å². The maximum absolute atomic E-state index is 11.3. The van der Waals surface area contributed by atoms with E-state index in [1.807, 2.05) is 0 Å². The third-order valence-corrected chi connectivity index (χ3v) is 4.04. The quantitative estimate of drug-likeness (QED) is 0.228. The molecule has 1 fully saturated rings. The van der Waals surface area contributed by atoms with Gasteiger partial charge >= 0.3 is 5.97 Å². The Balaban J connectivity index is 2.48. The Morgan fingerprint density at radius 3 is 2.56 bits per heavy atom. The molecule has 8 nitrogen and oxygen atoms in total. The Hall–Kier alpha value is -1.10. The number of carbonyl (C=O) groups excluding carboxylic acids is 4. The second kappa shape index (κ2) is 6.18. The van der Waals surface area contributed by atoms with Crippen LogP contribution in [0.1, 0.15) is 13.3 Å². The number of nitrogens with zero attached hydrogens (tertiary/aromatic N) is 1. The van der Waals surface area contributed by atoms with Gasteiger partial charge in [0.05, 0.1) is 6.42 Å². The summed E-state index contributed by atoms with van der Waals surface area (Å²) in [5, 5.41) is 17.7. The van der Waals surface area contributed by atoms with Gasteiger partial charge in [0, 0.05) is 6.92 Å². The number of carbonyl (C=O) groups is 4. The van der Waals surface area contributed by atoms with Gasteiger partial charge < -0.3 is 9.84 Å². The van der Waals surface area contributed by atoms with E-state index in [1.54, 1.807) is 0 Å². The fourth-order valence-corrected chi connectivity index (χ4v) is 2.31. The van der Waals surface area contributed by atoms with Crippen molar-refractivity contribution >= 4 is 44.5 Å². The summed E-state index contributed by atoms with van der Waals surface area (Å²) in [6, 6.07) is 0. The van der Waals surface area contributed by atoms with Crippen LogP contribution in [0.4, 0.5) is 0 Å². The first kappa shape index (κ1) is 15.0. The van der Waals surface area contributed by atoms with Gasteiger partial charge in [0.1, 0.15) is 0 Å². The fraction of sp³-hybridized carbons (Fsp3) is 0.500. The first-order valence-corrected chi connectivity index (χ1v) is 6.82. The van der Waals surface area contributed by atoms with Gasteiger partial charge in [-0.15, -0.1) is 0 Å². The molecule has 0 radical (unpaired) electrons. The van der Waals surface area contributed by atoms with Crippen molar-refractivity contribution in [3.8, 4) is 0 Å². The minimum Gasteiger partial charge on any atom is -0.449 e. The lowest BCUT2D eigenvalue weighted by molar-refractivity contribution is -0.177. The minimum absolute atomic E-state index is 0.137. The number of hydroxylamine groups is 2. The highest BCUT2D eigenvalue weighted by Gasteiger charge is 2.41. The molecule has 0 aromatic carbocycles. The van der Waals surface area contributed by atoms with E-state index in [0.29, 0.717) is 21.6 Å². The molecule has 0 spiro atoms. The zero-order chi connectivity index (χ0) is 13.9. The second-order valence-corrected chi connectivity index (χ2v) is 5.65. The summed E-state index contributed by atoms with van der Waals surface area (Å²) < 4.78 is 4.55. The van der Waals surface area contributed by atoms with E-state index < -0.39 is 35.7 Å². The first-order chi connectivity index (χ1) is 8.32. The molecule has 0 aromatic rings. The molecule has 1 heterocycles. The van der Waals surface area contributed by atoms with Crippen molar-refractivity contribution in [1.29, 1.82) is 0 Å². The maximum Gasteiger partial charge on any atom is 0.347 e. The van der Waals surface area contributed by atoms with Crippen LogP contribution in [-0.2, 0) is 23.9 Å². The average molecular weight is 295 g/mol.